The molecule has 0 unspecified atom stereocenters. The van der Waals surface area contributed by atoms with E-state index in [9.17, 15) is 9.90 Å². The van der Waals surface area contributed by atoms with Crippen LogP contribution in [0.4, 0.5) is 5.69 Å². The van der Waals surface area contributed by atoms with E-state index in [1.165, 1.54) is 31.7 Å². The van der Waals surface area contributed by atoms with E-state index in [4.69, 9.17) is 4.74 Å². The number of fused-ring (bicyclic) bond motifs is 1. The van der Waals surface area contributed by atoms with Gasteiger partial charge in [0, 0.05) is 55.2 Å². The molecular formula is C26H36N4O3. The zero-order valence-corrected chi connectivity index (χ0v) is 20.0. The van der Waals surface area contributed by atoms with Gasteiger partial charge < -0.3 is 25.0 Å². The molecule has 2 heterocycles. The minimum Gasteiger partial charge on any atom is -0.503 e. The van der Waals surface area contributed by atoms with E-state index in [-0.39, 0.29) is 11.2 Å². The summed E-state index contributed by atoms with van der Waals surface area (Å²) in [5.74, 6) is 0.671. The Morgan fingerprint density at radius 1 is 1.03 bits per heavy atom. The molecule has 178 valence electrons. The third-order valence-corrected chi connectivity index (χ3v) is 6.12. The number of nitrogens with zero attached hydrogens (tertiary/aromatic N) is 2. The Morgan fingerprint density at radius 2 is 1.76 bits per heavy atom. The average Bonchev–Trinajstić information content (AvgIpc) is 2.82. The van der Waals surface area contributed by atoms with Crippen LogP contribution in [0.3, 0.4) is 0 Å². The Balaban J connectivity index is 1.27. The number of aromatic hydroxyl groups is 1. The first kappa shape index (κ1) is 24.6. The zero-order chi connectivity index (χ0) is 23.6. The van der Waals surface area contributed by atoms with Gasteiger partial charge in [0.05, 0.1) is 18.3 Å². The maximum atomic E-state index is 11.8. The van der Waals surface area contributed by atoms with Gasteiger partial charge in [0.25, 0.3) is 0 Å². The predicted octanol–water partition coefficient (Wildman–Crippen LogP) is 4.50. The van der Waals surface area contributed by atoms with Crippen molar-refractivity contribution in [2.45, 2.75) is 52.0 Å². The summed E-state index contributed by atoms with van der Waals surface area (Å²) in [5, 5.41) is 18.0. The number of methoxy groups -OCH3 is 1. The van der Waals surface area contributed by atoms with Gasteiger partial charge in [-0.2, -0.15) is 0 Å². The lowest BCUT2D eigenvalue weighted by atomic mass is 10.1. The summed E-state index contributed by atoms with van der Waals surface area (Å²) in [6, 6.07) is 9.47. The fourth-order valence-electron chi connectivity index (χ4n) is 3.99. The number of hydrogen-bond donors (Lipinski definition) is 3. The largest absolute Gasteiger partial charge is 0.503 e. The van der Waals surface area contributed by atoms with Crippen LogP contribution in [0.2, 0.25) is 0 Å². The molecule has 0 spiro atoms. The maximum Gasteiger partial charge on any atom is 0.223 e. The van der Waals surface area contributed by atoms with Gasteiger partial charge in [-0.1, -0.05) is 25.7 Å². The van der Waals surface area contributed by atoms with E-state index in [1.807, 2.05) is 42.9 Å². The summed E-state index contributed by atoms with van der Waals surface area (Å²) in [4.78, 5) is 16.2. The highest BCUT2D eigenvalue weighted by Crippen LogP contribution is 2.25. The summed E-state index contributed by atoms with van der Waals surface area (Å²) in [6.45, 7) is 4.20. The van der Waals surface area contributed by atoms with Gasteiger partial charge in [-0.05, 0) is 44.5 Å². The third-order valence-electron chi connectivity index (χ3n) is 6.12. The fourth-order valence-corrected chi connectivity index (χ4v) is 3.99. The van der Waals surface area contributed by atoms with Gasteiger partial charge in [-0.15, -0.1) is 0 Å². The minimum atomic E-state index is -0.311. The molecule has 2 aromatic heterocycles. The Kier molecular flexibility index (Phi) is 9.13. The van der Waals surface area contributed by atoms with Gasteiger partial charge in [-0.25, -0.2) is 0 Å². The molecule has 7 nitrogen and oxygen atoms in total. The molecule has 3 N–H and O–H groups in total. The molecule has 33 heavy (non-hydrogen) atoms. The molecule has 0 atom stereocenters. The van der Waals surface area contributed by atoms with Crippen molar-refractivity contribution in [2.24, 2.45) is 7.05 Å². The zero-order valence-electron chi connectivity index (χ0n) is 20.0. The van der Waals surface area contributed by atoms with E-state index in [0.717, 1.165) is 54.0 Å². The summed E-state index contributed by atoms with van der Waals surface area (Å²) in [6.07, 6.45) is 8.88. The lowest BCUT2D eigenvalue weighted by Crippen LogP contribution is -2.21. The summed E-state index contributed by atoms with van der Waals surface area (Å²) >= 11 is 0. The van der Waals surface area contributed by atoms with Crippen LogP contribution in [0.25, 0.3) is 10.9 Å². The number of anilines is 1. The molecule has 0 radical (unpaired) electrons. The van der Waals surface area contributed by atoms with Gasteiger partial charge in [-0.3, -0.25) is 9.78 Å². The third kappa shape index (κ3) is 6.71. The van der Waals surface area contributed by atoms with Crippen LogP contribution in [0.15, 0.2) is 41.3 Å². The standard InChI is InChI=1S/C26H36N4O3/c1-19-16-25(31)26(32)24(30(19)2)18-27-13-8-6-4-5-7-9-14-28-22-12-15-29-23-17-20(33-3)10-11-21(22)23/h10-12,15-17,27,32H,4-9,13-14,18H2,1-3H3,(H,28,29). The van der Waals surface area contributed by atoms with Crippen molar-refractivity contribution in [3.63, 3.8) is 0 Å². The van der Waals surface area contributed by atoms with Crippen LogP contribution in [0, 0.1) is 6.92 Å². The number of pyridine rings is 2. The quantitative estimate of drug-likeness (QED) is 0.331. The smallest absolute Gasteiger partial charge is 0.223 e. The minimum absolute atomic E-state index is 0.149. The number of hydrogen-bond acceptors (Lipinski definition) is 6. The van der Waals surface area contributed by atoms with Crippen LogP contribution in [-0.4, -0.2) is 34.9 Å². The second-order valence-corrected chi connectivity index (χ2v) is 8.47. The highest BCUT2D eigenvalue weighted by atomic mass is 16.5. The first-order valence-electron chi connectivity index (χ1n) is 11.8. The van der Waals surface area contributed by atoms with Crippen molar-refractivity contribution in [1.29, 1.82) is 0 Å². The van der Waals surface area contributed by atoms with Crippen molar-refractivity contribution in [2.75, 3.05) is 25.5 Å². The van der Waals surface area contributed by atoms with E-state index in [0.29, 0.717) is 12.2 Å². The SMILES string of the molecule is COc1ccc2c(NCCCCCCCCNCc3c(O)c(=O)cc(C)n3C)ccnc2c1. The molecule has 1 aromatic carbocycles. The Hall–Kier alpha value is -3.06. The van der Waals surface area contributed by atoms with Crippen LogP contribution >= 0.6 is 0 Å². The van der Waals surface area contributed by atoms with Crippen LogP contribution in [0.1, 0.15) is 49.9 Å². The van der Waals surface area contributed by atoms with Crippen LogP contribution in [-0.2, 0) is 13.6 Å². The van der Waals surface area contributed by atoms with Gasteiger partial charge in [0.1, 0.15) is 5.75 Å². The number of aromatic nitrogens is 2. The molecule has 0 fully saturated rings. The maximum absolute atomic E-state index is 11.8. The first-order chi connectivity index (χ1) is 16.0. The molecule has 0 amide bonds. The summed E-state index contributed by atoms with van der Waals surface area (Å²) in [5.41, 5.74) is 3.24. The topological polar surface area (TPSA) is 88.4 Å². The van der Waals surface area contributed by atoms with Crippen molar-refractivity contribution in [3.05, 3.63) is 58.1 Å². The van der Waals surface area contributed by atoms with Crippen molar-refractivity contribution in [1.82, 2.24) is 14.9 Å². The Morgan fingerprint density at radius 3 is 2.52 bits per heavy atom. The van der Waals surface area contributed by atoms with Crippen molar-refractivity contribution in [3.8, 4) is 11.5 Å². The number of unbranched alkanes of at least 4 members (excludes halogenated alkanes) is 5. The normalized spacial score (nSPS) is 11.1. The molecule has 0 bridgehead atoms. The number of benzene rings is 1. The summed E-state index contributed by atoms with van der Waals surface area (Å²) < 4.78 is 7.14. The van der Waals surface area contributed by atoms with Crippen molar-refractivity contribution < 1.29 is 9.84 Å². The highest BCUT2D eigenvalue weighted by molar-refractivity contribution is 5.91. The van der Waals surface area contributed by atoms with E-state index >= 15 is 0 Å². The average molecular weight is 453 g/mol. The predicted molar refractivity (Wildman–Crippen MR) is 134 cm³/mol. The lowest BCUT2D eigenvalue weighted by molar-refractivity contribution is 0.415. The summed E-state index contributed by atoms with van der Waals surface area (Å²) in [7, 11) is 3.54. The molecule has 3 rings (SSSR count). The first-order valence-corrected chi connectivity index (χ1v) is 11.8. The fraction of sp³-hybridized carbons (Fsp3) is 0.462. The number of aryl methyl sites for hydroxylation is 1. The number of ether oxygens (including phenoxy) is 1. The molecule has 0 aliphatic rings. The van der Waals surface area contributed by atoms with Crippen molar-refractivity contribution >= 4 is 16.6 Å². The lowest BCUT2D eigenvalue weighted by Gasteiger charge is -2.14. The Labute approximate surface area is 195 Å². The van der Waals surface area contributed by atoms with Gasteiger partial charge in [0.2, 0.25) is 5.43 Å². The Bertz CT molecular complexity index is 1110. The molecule has 0 aliphatic carbocycles. The molecule has 0 saturated heterocycles. The molecule has 0 saturated carbocycles. The monoisotopic (exact) mass is 452 g/mol. The van der Waals surface area contributed by atoms with Crippen LogP contribution < -0.4 is 20.8 Å². The number of rotatable bonds is 13. The van der Waals surface area contributed by atoms with Gasteiger partial charge >= 0.3 is 0 Å². The molecule has 3 aromatic rings. The van der Waals surface area contributed by atoms with E-state index in [1.54, 1.807) is 7.11 Å². The van der Waals surface area contributed by atoms with Gasteiger partial charge in [0.15, 0.2) is 5.75 Å². The van der Waals surface area contributed by atoms with E-state index < -0.39 is 0 Å². The molecule has 7 heteroatoms. The second-order valence-electron chi connectivity index (χ2n) is 8.47. The van der Waals surface area contributed by atoms with Crippen LogP contribution in [0.5, 0.6) is 11.5 Å². The number of nitrogens with one attached hydrogen (secondary N) is 2. The molecule has 0 aliphatic heterocycles. The highest BCUT2D eigenvalue weighted by Gasteiger charge is 2.10. The molecular weight excluding hydrogens is 416 g/mol. The van der Waals surface area contributed by atoms with E-state index in [2.05, 4.69) is 21.7 Å². The second kappa shape index (κ2) is 12.3.